The Morgan fingerprint density at radius 3 is 2.47 bits per heavy atom. The number of anilines is 1. The van der Waals surface area contributed by atoms with Crippen LogP contribution >= 0.6 is 11.6 Å². The van der Waals surface area contributed by atoms with E-state index >= 15 is 0 Å². The van der Waals surface area contributed by atoms with Gasteiger partial charge in [0.1, 0.15) is 11.8 Å². The summed E-state index contributed by atoms with van der Waals surface area (Å²) in [4.78, 5) is 24.9. The van der Waals surface area contributed by atoms with Crippen LogP contribution in [-0.2, 0) is 16.0 Å². The number of carbonyl (C=O) groups excluding carboxylic acids is 2. The molecule has 1 amide bonds. The fraction of sp³-hybridized carbons (Fsp3) is 0.130. The normalized spacial score (nSPS) is 11.5. The highest BCUT2D eigenvalue weighted by atomic mass is 35.5. The molecular formula is C23H21ClN2O4. The van der Waals surface area contributed by atoms with Crippen molar-refractivity contribution in [2.75, 3.05) is 12.8 Å². The second-order valence-corrected chi connectivity index (χ2v) is 7.17. The summed E-state index contributed by atoms with van der Waals surface area (Å²) in [6.45, 7) is 0. The van der Waals surface area contributed by atoms with Gasteiger partial charge in [0.25, 0.3) is 5.91 Å². The van der Waals surface area contributed by atoms with Crippen LogP contribution in [0.5, 0.6) is 5.75 Å². The molecule has 0 saturated heterocycles. The van der Waals surface area contributed by atoms with Gasteiger partial charge in [0.05, 0.1) is 12.7 Å². The summed E-state index contributed by atoms with van der Waals surface area (Å²) < 4.78 is 4.84. The highest BCUT2D eigenvalue weighted by Crippen LogP contribution is 2.24. The molecule has 3 aromatic carbocycles. The lowest BCUT2D eigenvalue weighted by Gasteiger charge is -2.17. The first kappa shape index (κ1) is 21.2. The molecule has 1 atom stereocenters. The predicted molar refractivity (Wildman–Crippen MR) is 116 cm³/mol. The molecule has 0 aromatic heterocycles. The third kappa shape index (κ3) is 5.10. The van der Waals surface area contributed by atoms with E-state index in [1.54, 1.807) is 24.3 Å². The van der Waals surface area contributed by atoms with E-state index in [2.05, 4.69) is 5.32 Å². The van der Waals surface area contributed by atoms with Gasteiger partial charge >= 0.3 is 5.97 Å². The van der Waals surface area contributed by atoms with Crippen LogP contribution in [0.1, 0.15) is 15.9 Å². The Labute approximate surface area is 179 Å². The van der Waals surface area contributed by atoms with Gasteiger partial charge < -0.3 is 20.9 Å². The Balaban J connectivity index is 1.77. The zero-order chi connectivity index (χ0) is 21.7. The molecule has 0 aliphatic carbocycles. The van der Waals surface area contributed by atoms with Crippen molar-refractivity contribution in [3.8, 4) is 16.9 Å². The fourth-order valence-electron chi connectivity index (χ4n) is 3.05. The number of esters is 1. The van der Waals surface area contributed by atoms with Gasteiger partial charge in [-0.2, -0.15) is 0 Å². The number of ether oxygens (including phenoxy) is 1. The number of hydrogen-bond acceptors (Lipinski definition) is 5. The van der Waals surface area contributed by atoms with Crippen molar-refractivity contribution in [2.45, 2.75) is 12.5 Å². The van der Waals surface area contributed by atoms with Crippen LogP contribution in [0.15, 0.2) is 66.7 Å². The molecule has 3 rings (SSSR count). The number of nitrogens with two attached hydrogens (primary N) is 1. The minimum atomic E-state index is -0.896. The molecule has 0 radical (unpaired) electrons. The van der Waals surface area contributed by atoms with Gasteiger partial charge in [-0.1, -0.05) is 48.0 Å². The first-order valence-electron chi connectivity index (χ1n) is 9.19. The third-order valence-corrected chi connectivity index (χ3v) is 4.86. The van der Waals surface area contributed by atoms with E-state index in [1.807, 2.05) is 30.3 Å². The molecule has 6 nitrogen and oxygen atoms in total. The zero-order valence-electron chi connectivity index (χ0n) is 16.3. The number of carbonyl (C=O) groups is 2. The lowest BCUT2D eigenvalue weighted by atomic mass is 10.00. The van der Waals surface area contributed by atoms with Crippen LogP contribution in [0.25, 0.3) is 11.1 Å². The summed E-state index contributed by atoms with van der Waals surface area (Å²) in [5.41, 5.74) is 8.92. The highest BCUT2D eigenvalue weighted by Gasteiger charge is 2.23. The predicted octanol–water partition coefficient (Wildman–Crippen LogP) is 3.81. The van der Waals surface area contributed by atoms with E-state index in [4.69, 9.17) is 22.1 Å². The molecule has 1 unspecified atom stereocenters. The number of rotatable bonds is 6. The molecule has 3 aromatic rings. The van der Waals surface area contributed by atoms with Crippen LogP contribution in [0.3, 0.4) is 0 Å². The molecule has 0 aliphatic rings. The topological polar surface area (TPSA) is 102 Å². The summed E-state index contributed by atoms with van der Waals surface area (Å²) in [5, 5.41) is 12.7. The number of halogens is 1. The second-order valence-electron chi connectivity index (χ2n) is 6.73. The standard InChI is InChI=1S/C23H21ClN2O4/c1-30-23(29)21(26-22(28)19-13-17(24)9-10-20(19)25)11-14-5-7-15(8-6-14)16-3-2-4-18(27)12-16/h2-10,12-13,21,27H,11,25H2,1H3,(H,26,28). The Morgan fingerprint density at radius 2 is 1.80 bits per heavy atom. The fourth-order valence-corrected chi connectivity index (χ4v) is 3.22. The highest BCUT2D eigenvalue weighted by molar-refractivity contribution is 6.31. The van der Waals surface area contributed by atoms with E-state index in [0.29, 0.717) is 5.02 Å². The number of phenolic OH excluding ortho intramolecular Hbond substituents is 1. The second kappa shape index (κ2) is 9.33. The Bertz CT molecular complexity index is 1070. The summed E-state index contributed by atoms with van der Waals surface area (Å²) >= 11 is 5.95. The number of phenols is 1. The third-order valence-electron chi connectivity index (χ3n) is 4.62. The Hall–Kier alpha value is -3.51. The molecule has 0 heterocycles. The van der Waals surface area contributed by atoms with Crippen LogP contribution in [0, 0.1) is 0 Å². The van der Waals surface area contributed by atoms with Gasteiger partial charge in [-0.05, 0) is 47.0 Å². The van der Waals surface area contributed by atoms with Crippen molar-refractivity contribution in [1.82, 2.24) is 5.32 Å². The molecule has 30 heavy (non-hydrogen) atoms. The minimum Gasteiger partial charge on any atom is -0.508 e. The lowest BCUT2D eigenvalue weighted by Crippen LogP contribution is -2.43. The van der Waals surface area contributed by atoms with Gasteiger partial charge in [0.2, 0.25) is 0 Å². The van der Waals surface area contributed by atoms with E-state index in [-0.39, 0.29) is 23.4 Å². The molecule has 0 spiro atoms. The Morgan fingerprint density at radius 1 is 1.07 bits per heavy atom. The quantitative estimate of drug-likeness (QED) is 0.412. The number of methoxy groups -OCH3 is 1. The summed E-state index contributed by atoms with van der Waals surface area (Å²) in [6.07, 6.45) is 0.235. The largest absolute Gasteiger partial charge is 0.508 e. The van der Waals surface area contributed by atoms with Crippen molar-refractivity contribution < 1.29 is 19.4 Å². The molecule has 154 valence electrons. The number of amides is 1. The van der Waals surface area contributed by atoms with E-state index < -0.39 is 17.9 Å². The number of nitrogen functional groups attached to an aromatic ring is 1. The lowest BCUT2D eigenvalue weighted by molar-refractivity contribution is -0.142. The average molecular weight is 425 g/mol. The molecule has 0 bridgehead atoms. The molecule has 0 fully saturated rings. The monoisotopic (exact) mass is 424 g/mol. The van der Waals surface area contributed by atoms with Crippen LogP contribution in [0.4, 0.5) is 5.69 Å². The van der Waals surface area contributed by atoms with Crippen LogP contribution in [0.2, 0.25) is 5.02 Å². The van der Waals surface area contributed by atoms with Crippen molar-refractivity contribution in [3.05, 3.63) is 82.9 Å². The van der Waals surface area contributed by atoms with Gasteiger partial charge in [0, 0.05) is 17.1 Å². The zero-order valence-corrected chi connectivity index (χ0v) is 17.0. The maximum atomic E-state index is 12.6. The van der Waals surface area contributed by atoms with E-state index in [9.17, 15) is 14.7 Å². The van der Waals surface area contributed by atoms with Crippen LogP contribution in [-0.4, -0.2) is 30.1 Å². The molecule has 0 aliphatic heterocycles. The summed E-state index contributed by atoms with van der Waals surface area (Å²) in [5.74, 6) is -0.895. The molecule has 4 N–H and O–H groups in total. The van der Waals surface area contributed by atoms with Crippen molar-refractivity contribution >= 4 is 29.2 Å². The smallest absolute Gasteiger partial charge is 0.328 e. The van der Waals surface area contributed by atoms with Crippen molar-refractivity contribution in [1.29, 1.82) is 0 Å². The summed E-state index contributed by atoms with van der Waals surface area (Å²) in [6, 6.07) is 18.1. The van der Waals surface area contributed by atoms with Gasteiger partial charge in [-0.3, -0.25) is 4.79 Å². The van der Waals surface area contributed by atoms with Crippen molar-refractivity contribution in [3.63, 3.8) is 0 Å². The molecular weight excluding hydrogens is 404 g/mol. The first-order valence-corrected chi connectivity index (χ1v) is 9.57. The summed E-state index contributed by atoms with van der Waals surface area (Å²) in [7, 11) is 1.26. The first-order chi connectivity index (χ1) is 14.4. The van der Waals surface area contributed by atoms with Gasteiger partial charge in [-0.25, -0.2) is 4.79 Å². The number of aromatic hydroxyl groups is 1. The van der Waals surface area contributed by atoms with E-state index in [1.165, 1.54) is 19.2 Å². The van der Waals surface area contributed by atoms with Gasteiger partial charge in [-0.15, -0.1) is 0 Å². The van der Waals surface area contributed by atoms with Gasteiger partial charge in [0.15, 0.2) is 0 Å². The average Bonchev–Trinajstić information content (AvgIpc) is 2.74. The maximum Gasteiger partial charge on any atom is 0.328 e. The van der Waals surface area contributed by atoms with Crippen LogP contribution < -0.4 is 11.1 Å². The number of hydrogen-bond donors (Lipinski definition) is 3. The number of benzene rings is 3. The molecule has 7 heteroatoms. The maximum absolute atomic E-state index is 12.6. The Kier molecular flexibility index (Phi) is 6.59. The van der Waals surface area contributed by atoms with Crippen molar-refractivity contribution in [2.24, 2.45) is 0 Å². The molecule has 0 saturated carbocycles. The SMILES string of the molecule is COC(=O)C(Cc1ccc(-c2cccc(O)c2)cc1)NC(=O)c1cc(Cl)ccc1N. The van der Waals surface area contributed by atoms with E-state index in [0.717, 1.165) is 16.7 Å². The number of nitrogens with one attached hydrogen (secondary N) is 1. The minimum absolute atomic E-state index is 0.185.